The van der Waals surface area contributed by atoms with Crippen LogP contribution < -0.4 is 10.1 Å². The van der Waals surface area contributed by atoms with Crippen LogP contribution in [0.25, 0.3) is 11.1 Å². The molecule has 0 radical (unpaired) electrons. The minimum Gasteiger partial charge on any atom is -0.495 e. The number of ether oxygens (including phenoxy) is 1. The van der Waals surface area contributed by atoms with Gasteiger partial charge in [0, 0.05) is 24.4 Å². The van der Waals surface area contributed by atoms with Crippen LogP contribution in [0.4, 0.5) is 10.1 Å². The number of hydrogen-bond donors (Lipinski definition) is 1. The average molecular weight is 399 g/mol. The first-order valence-electron chi connectivity index (χ1n) is 8.51. The van der Waals surface area contributed by atoms with E-state index in [0.29, 0.717) is 34.3 Å². The number of methoxy groups -OCH3 is 1. The predicted octanol–water partition coefficient (Wildman–Crippen LogP) is 5.34. The number of rotatable bonds is 5. The van der Waals surface area contributed by atoms with Gasteiger partial charge >= 0.3 is 0 Å². The Kier molecular flexibility index (Phi) is 4.79. The van der Waals surface area contributed by atoms with Gasteiger partial charge < -0.3 is 19.0 Å². The number of nitrogens with one attached hydrogen (secondary N) is 1. The van der Waals surface area contributed by atoms with E-state index in [1.54, 1.807) is 53.3 Å². The van der Waals surface area contributed by atoms with Gasteiger partial charge in [-0.15, -0.1) is 0 Å². The van der Waals surface area contributed by atoms with Gasteiger partial charge in [0.25, 0.3) is 5.91 Å². The molecule has 0 fully saturated rings. The summed E-state index contributed by atoms with van der Waals surface area (Å²) in [5, 5.41) is 3.22. The number of furan rings is 1. The molecule has 2 heterocycles. The monoisotopic (exact) mass is 398 g/mol. The van der Waals surface area contributed by atoms with Crippen molar-refractivity contribution in [1.29, 1.82) is 0 Å². The zero-order chi connectivity index (χ0) is 19.7. The van der Waals surface area contributed by atoms with Crippen LogP contribution in [0.15, 0.2) is 65.3 Å². The topological polar surface area (TPSA) is 56.4 Å². The molecular weight excluding hydrogens is 383 g/mol. The van der Waals surface area contributed by atoms with Gasteiger partial charge in [0.15, 0.2) is 5.58 Å². The molecule has 1 amide bonds. The Bertz CT molecular complexity index is 1170. The number of anilines is 1. The van der Waals surface area contributed by atoms with Crippen LogP contribution in [0.5, 0.6) is 5.75 Å². The highest BCUT2D eigenvalue weighted by atomic mass is 35.5. The van der Waals surface area contributed by atoms with E-state index in [1.165, 1.54) is 19.2 Å². The van der Waals surface area contributed by atoms with Crippen molar-refractivity contribution in [2.45, 2.75) is 6.54 Å². The molecule has 0 aliphatic carbocycles. The third-order valence-electron chi connectivity index (χ3n) is 4.39. The molecule has 0 aliphatic rings. The Labute approximate surface area is 165 Å². The van der Waals surface area contributed by atoms with Crippen LogP contribution in [0.2, 0.25) is 5.02 Å². The highest BCUT2D eigenvalue weighted by Crippen LogP contribution is 2.28. The summed E-state index contributed by atoms with van der Waals surface area (Å²) in [4.78, 5) is 12.9. The van der Waals surface area contributed by atoms with E-state index >= 15 is 0 Å². The fourth-order valence-corrected chi connectivity index (χ4v) is 3.35. The normalized spacial score (nSPS) is 11.0. The largest absolute Gasteiger partial charge is 0.495 e. The van der Waals surface area contributed by atoms with E-state index in [1.807, 2.05) is 0 Å². The number of nitrogens with zero attached hydrogens (tertiary/aromatic N) is 1. The highest BCUT2D eigenvalue weighted by molar-refractivity contribution is 6.32. The number of hydrogen-bond acceptors (Lipinski definition) is 3. The number of carbonyl (C=O) groups is 1. The van der Waals surface area contributed by atoms with Gasteiger partial charge in [0.1, 0.15) is 17.3 Å². The number of amides is 1. The molecule has 1 N–H and O–H groups in total. The molecule has 4 aromatic rings. The number of halogens is 2. The van der Waals surface area contributed by atoms with Crippen LogP contribution >= 0.6 is 11.6 Å². The molecule has 2 aromatic carbocycles. The molecule has 7 heteroatoms. The molecule has 0 unspecified atom stereocenters. The Balaban J connectivity index is 1.67. The van der Waals surface area contributed by atoms with E-state index in [9.17, 15) is 9.18 Å². The van der Waals surface area contributed by atoms with Crippen molar-refractivity contribution in [3.8, 4) is 5.75 Å². The maximum absolute atomic E-state index is 13.6. The molecule has 0 atom stereocenters. The molecular formula is C21H16ClFN2O3. The minimum absolute atomic E-state index is 0.326. The summed E-state index contributed by atoms with van der Waals surface area (Å²) in [6, 6.07) is 14.7. The second kappa shape index (κ2) is 7.40. The van der Waals surface area contributed by atoms with Crippen molar-refractivity contribution in [3.05, 3.63) is 83.0 Å². The zero-order valence-corrected chi connectivity index (χ0v) is 15.7. The fraction of sp³-hybridized carbons (Fsp3) is 0.0952. The molecule has 0 spiro atoms. The first-order chi connectivity index (χ1) is 13.5. The average Bonchev–Trinajstić information content (AvgIpc) is 3.25. The molecule has 28 heavy (non-hydrogen) atoms. The van der Waals surface area contributed by atoms with Crippen LogP contribution in [-0.4, -0.2) is 17.6 Å². The van der Waals surface area contributed by atoms with E-state index in [2.05, 4.69) is 5.32 Å². The molecule has 2 aromatic heterocycles. The van der Waals surface area contributed by atoms with Gasteiger partial charge in [0.05, 0.1) is 23.9 Å². The van der Waals surface area contributed by atoms with Gasteiger partial charge in [0.2, 0.25) is 0 Å². The zero-order valence-electron chi connectivity index (χ0n) is 14.9. The van der Waals surface area contributed by atoms with Crippen LogP contribution in [0.3, 0.4) is 0 Å². The fourth-order valence-electron chi connectivity index (χ4n) is 3.09. The first kappa shape index (κ1) is 18.1. The lowest BCUT2D eigenvalue weighted by molar-refractivity contribution is 0.101. The van der Waals surface area contributed by atoms with Gasteiger partial charge in [-0.25, -0.2) is 4.39 Å². The maximum atomic E-state index is 13.6. The summed E-state index contributed by atoms with van der Waals surface area (Å²) in [6.45, 7) is 0.326. The van der Waals surface area contributed by atoms with Crippen molar-refractivity contribution in [1.82, 2.24) is 4.57 Å². The van der Waals surface area contributed by atoms with Crippen molar-refractivity contribution in [2.24, 2.45) is 0 Å². The van der Waals surface area contributed by atoms with E-state index in [4.69, 9.17) is 20.8 Å². The summed E-state index contributed by atoms with van der Waals surface area (Å²) in [5.74, 6) is -0.136. The summed E-state index contributed by atoms with van der Waals surface area (Å²) >= 11 is 6.13. The van der Waals surface area contributed by atoms with E-state index in [0.717, 1.165) is 11.1 Å². The van der Waals surface area contributed by atoms with Crippen molar-refractivity contribution in [3.63, 3.8) is 0 Å². The second-order valence-corrected chi connectivity index (χ2v) is 6.63. The lowest BCUT2D eigenvalue weighted by Crippen LogP contribution is -2.17. The standard InChI is InChI=1S/C21H16ClFN2O3/c1-27-19-6-5-15(10-16(19)22)24-21(26)18-11-20-17(7-8-28-20)25(18)12-13-3-2-4-14(23)9-13/h2-11H,12H2,1H3,(H,24,26). The SMILES string of the molecule is COc1ccc(NC(=O)c2cc3occc3n2Cc2cccc(F)c2)cc1Cl. The summed E-state index contributed by atoms with van der Waals surface area (Å²) in [6.07, 6.45) is 1.55. The summed E-state index contributed by atoms with van der Waals surface area (Å²) in [5.41, 5.74) is 2.99. The molecule has 5 nitrogen and oxygen atoms in total. The predicted molar refractivity (Wildman–Crippen MR) is 106 cm³/mol. The number of fused-ring (bicyclic) bond motifs is 1. The van der Waals surface area contributed by atoms with Gasteiger partial charge in [-0.2, -0.15) is 0 Å². The third-order valence-corrected chi connectivity index (χ3v) is 4.69. The summed E-state index contributed by atoms with van der Waals surface area (Å²) < 4.78 is 25.9. The van der Waals surface area contributed by atoms with Crippen molar-refractivity contribution >= 4 is 34.3 Å². The Hall–Kier alpha value is -3.25. The molecule has 0 saturated heterocycles. The van der Waals surface area contributed by atoms with Crippen molar-refractivity contribution in [2.75, 3.05) is 12.4 Å². The van der Waals surface area contributed by atoms with Crippen LogP contribution in [0.1, 0.15) is 16.1 Å². The highest BCUT2D eigenvalue weighted by Gasteiger charge is 2.18. The number of benzene rings is 2. The maximum Gasteiger partial charge on any atom is 0.272 e. The Morgan fingerprint density at radius 2 is 2.07 bits per heavy atom. The quantitative estimate of drug-likeness (QED) is 0.494. The lowest BCUT2D eigenvalue weighted by Gasteiger charge is -2.12. The number of aromatic nitrogens is 1. The lowest BCUT2D eigenvalue weighted by atomic mass is 10.2. The van der Waals surface area contributed by atoms with Crippen LogP contribution in [0, 0.1) is 5.82 Å². The molecule has 0 saturated carbocycles. The molecule has 142 valence electrons. The van der Waals surface area contributed by atoms with Gasteiger partial charge in [-0.05, 0) is 35.9 Å². The molecule has 0 bridgehead atoms. The Morgan fingerprint density at radius 3 is 2.82 bits per heavy atom. The second-order valence-electron chi connectivity index (χ2n) is 6.22. The van der Waals surface area contributed by atoms with E-state index in [-0.39, 0.29) is 11.7 Å². The minimum atomic E-state index is -0.330. The number of carbonyl (C=O) groups excluding carboxylic acids is 1. The third kappa shape index (κ3) is 3.46. The van der Waals surface area contributed by atoms with Crippen molar-refractivity contribution < 1.29 is 18.3 Å². The molecule has 0 aliphatic heterocycles. The van der Waals surface area contributed by atoms with Gasteiger partial charge in [-0.3, -0.25) is 4.79 Å². The van der Waals surface area contributed by atoms with E-state index < -0.39 is 0 Å². The van der Waals surface area contributed by atoms with Crippen LogP contribution in [-0.2, 0) is 6.54 Å². The first-order valence-corrected chi connectivity index (χ1v) is 8.89. The summed E-state index contributed by atoms with van der Waals surface area (Å²) in [7, 11) is 1.52. The van der Waals surface area contributed by atoms with Gasteiger partial charge in [-0.1, -0.05) is 23.7 Å². The smallest absolute Gasteiger partial charge is 0.272 e. The Morgan fingerprint density at radius 1 is 1.21 bits per heavy atom. The molecule has 4 rings (SSSR count).